The first-order valence-electron chi connectivity index (χ1n) is 5.40. The predicted molar refractivity (Wildman–Crippen MR) is 69.4 cm³/mol. The van der Waals surface area contributed by atoms with Crippen LogP contribution in [-0.2, 0) is 0 Å². The number of rotatable bonds is 4. The molecule has 18 heavy (non-hydrogen) atoms. The number of nitrogens with zero attached hydrogens (tertiary/aromatic N) is 2. The molecule has 0 aliphatic carbocycles. The lowest BCUT2D eigenvalue weighted by Crippen LogP contribution is -2.22. The van der Waals surface area contributed by atoms with Crippen molar-refractivity contribution in [3.8, 4) is 11.4 Å². The first-order chi connectivity index (χ1) is 8.74. The molecule has 2 N–H and O–H groups in total. The molecule has 0 atom stereocenters. The Balaban J connectivity index is 2.41. The Hall–Kier alpha value is -1.85. The molecule has 0 radical (unpaired) electrons. The molecule has 0 bridgehead atoms. The summed E-state index contributed by atoms with van der Waals surface area (Å²) in [7, 11) is 0. The number of benzene rings is 1. The number of para-hydroxylation sites is 1. The lowest BCUT2D eigenvalue weighted by atomic mass is 10.3. The number of nitrogens with two attached hydrogens (primary N) is 1. The zero-order chi connectivity index (χ0) is 13.0. The van der Waals surface area contributed by atoms with E-state index in [2.05, 4.69) is 5.10 Å². The fourth-order valence-corrected chi connectivity index (χ4v) is 1.62. The second kappa shape index (κ2) is 5.66. The van der Waals surface area contributed by atoms with Crippen molar-refractivity contribution in [2.24, 2.45) is 5.73 Å². The fourth-order valence-electron chi connectivity index (χ4n) is 1.44. The van der Waals surface area contributed by atoms with Crippen LogP contribution >= 0.6 is 11.6 Å². The Morgan fingerprint density at radius 1 is 1.33 bits per heavy atom. The molecule has 0 saturated heterocycles. The molecular formula is C12H12ClN3O2. The molecule has 6 heteroatoms. The Morgan fingerprint density at radius 2 is 2.06 bits per heavy atom. The van der Waals surface area contributed by atoms with E-state index in [0.717, 1.165) is 0 Å². The molecule has 5 nitrogen and oxygen atoms in total. The van der Waals surface area contributed by atoms with Gasteiger partial charge in [0.25, 0.3) is 5.56 Å². The zero-order valence-corrected chi connectivity index (χ0v) is 10.3. The van der Waals surface area contributed by atoms with Gasteiger partial charge in [0.05, 0.1) is 11.9 Å². The lowest BCUT2D eigenvalue weighted by molar-refractivity contribution is 0.325. The maximum Gasteiger partial charge on any atom is 0.294 e. The molecule has 2 aromatic rings. The second-order valence-corrected chi connectivity index (χ2v) is 3.89. The van der Waals surface area contributed by atoms with Gasteiger partial charge in [-0.25, -0.2) is 0 Å². The quantitative estimate of drug-likeness (QED) is 0.902. The molecule has 1 heterocycles. The molecular weight excluding hydrogens is 254 g/mol. The topological polar surface area (TPSA) is 70.1 Å². The number of hydrogen-bond donors (Lipinski definition) is 1. The first kappa shape index (κ1) is 12.6. The summed E-state index contributed by atoms with van der Waals surface area (Å²) in [5, 5.41) is 4.02. The van der Waals surface area contributed by atoms with Crippen molar-refractivity contribution < 1.29 is 4.74 Å². The van der Waals surface area contributed by atoms with Gasteiger partial charge in [-0.1, -0.05) is 29.8 Å². The lowest BCUT2D eigenvalue weighted by Gasteiger charge is -2.08. The molecule has 1 aromatic heterocycles. The van der Waals surface area contributed by atoms with E-state index in [1.165, 1.54) is 10.9 Å². The van der Waals surface area contributed by atoms with E-state index in [9.17, 15) is 4.79 Å². The van der Waals surface area contributed by atoms with Gasteiger partial charge in [-0.2, -0.15) is 9.78 Å². The van der Waals surface area contributed by atoms with E-state index in [1.807, 2.05) is 18.2 Å². The van der Waals surface area contributed by atoms with Gasteiger partial charge in [0.1, 0.15) is 6.61 Å². The zero-order valence-electron chi connectivity index (χ0n) is 9.54. The Labute approximate surface area is 109 Å². The summed E-state index contributed by atoms with van der Waals surface area (Å²) < 4.78 is 6.44. The fraction of sp³-hybridized carbons (Fsp3) is 0.167. The number of hydrogen-bond acceptors (Lipinski definition) is 4. The second-order valence-electron chi connectivity index (χ2n) is 3.51. The number of aromatic nitrogens is 2. The summed E-state index contributed by atoms with van der Waals surface area (Å²) in [4.78, 5) is 12.0. The normalized spacial score (nSPS) is 10.3. The van der Waals surface area contributed by atoms with E-state index in [-0.39, 0.29) is 17.4 Å². The molecule has 0 spiro atoms. The molecule has 0 amide bonds. The van der Waals surface area contributed by atoms with Gasteiger partial charge in [-0.3, -0.25) is 4.79 Å². The number of ether oxygens (including phenoxy) is 1. The minimum atomic E-state index is -0.419. The van der Waals surface area contributed by atoms with Gasteiger partial charge >= 0.3 is 0 Å². The maximum atomic E-state index is 12.0. The SMILES string of the molecule is NCCOc1cnn(-c2ccccc2)c(=O)c1Cl. The molecule has 1 aromatic carbocycles. The third-order valence-electron chi connectivity index (χ3n) is 2.26. The van der Waals surface area contributed by atoms with Crippen molar-refractivity contribution in [1.82, 2.24) is 9.78 Å². The van der Waals surface area contributed by atoms with Gasteiger partial charge in [0.2, 0.25) is 0 Å². The van der Waals surface area contributed by atoms with E-state index in [1.54, 1.807) is 12.1 Å². The molecule has 0 aliphatic heterocycles. The van der Waals surface area contributed by atoms with Crippen LogP contribution in [0.1, 0.15) is 0 Å². The van der Waals surface area contributed by atoms with Gasteiger partial charge in [0.15, 0.2) is 10.8 Å². The molecule has 94 valence electrons. The minimum absolute atomic E-state index is 0.00213. The van der Waals surface area contributed by atoms with Crippen LogP contribution in [0.3, 0.4) is 0 Å². The van der Waals surface area contributed by atoms with E-state index in [0.29, 0.717) is 12.2 Å². The molecule has 0 saturated carbocycles. The largest absolute Gasteiger partial charge is 0.489 e. The van der Waals surface area contributed by atoms with Crippen molar-refractivity contribution in [3.05, 3.63) is 51.9 Å². The monoisotopic (exact) mass is 265 g/mol. The van der Waals surface area contributed by atoms with Crippen LogP contribution in [0.15, 0.2) is 41.3 Å². The highest BCUT2D eigenvalue weighted by molar-refractivity contribution is 6.31. The molecule has 2 rings (SSSR count). The van der Waals surface area contributed by atoms with E-state index < -0.39 is 5.56 Å². The third-order valence-corrected chi connectivity index (χ3v) is 2.61. The van der Waals surface area contributed by atoms with Crippen molar-refractivity contribution in [1.29, 1.82) is 0 Å². The highest BCUT2D eigenvalue weighted by atomic mass is 35.5. The van der Waals surface area contributed by atoms with Gasteiger partial charge < -0.3 is 10.5 Å². The van der Waals surface area contributed by atoms with Gasteiger partial charge in [-0.05, 0) is 12.1 Å². The number of halogens is 1. The highest BCUT2D eigenvalue weighted by Crippen LogP contribution is 2.18. The van der Waals surface area contributed by atoms with Crippen molar-refractivity contribution in [2.75, 3.05) is 13.2 Å². The molecule has 0 fully saturated rings. The minimum Gasteiger partial charge on any atom is -0.489 e. The van der Waals surface area contributed by atoms with Crippen molar-refractivity contribution in [3.63, 3.8) is 0 Å². The predicted octanol–water partition coefficient (Wildman–Crippen LogP) is 1.22. The Kier molecular flexibility index (Phi) is 3.96. The smallest absolute Gasteiger partial charge is 0.294 e. The maximum absolute atomic E-state index is 12.0. The van der Waals surface area contributed by atoms with Crippen LogP contribution in [0.25, 0.3) is 5.69 Å². The highest BCUT2D eigenvalue weighted by Gasteiger charge is 2.11. The van der Waals surface area contributed by atoms with Crippen LogP contribution in [0, 0.1) is 0 Å². The van der Waals surface area contributed by atoms with Crippen LogP contribution < -0.4 is 16.0 Å². The van der Waals surface area contributed by atoms with Gasteiger partial charge in [-0.15, -0.1) is 0 Å². The summed E-state index contributed by atoms with van der Waals surface area (Å²) in [6, 6.07) is 9.03. The van der Waals surface area contributed by atoms with Crippen LogP contribution in [0.4, 0.5) is 0 Å². The summed E-state index contributed by atoms with van der Waals surface area (Å²) in [6.45, 7) is 0.633. The standard InChI is InChI=1S/C12H12ClN3O2/c13-11-10(18-7-6-14)8-15-16(12(11)17)9-4-2-1-3-5-9/h1-5,8H,6-7,14H2. The average Bonchev–Trinajstić information content (AvgIpc) is 2.41. The summed E-state index contributed by atoms with van der Waals surface area (Å²) in [5.74, 6) is 0.249. The van der Waals surface area contributed by atoms with Crippen molar-refractivity contribution in [2.45, 2.75) is 0 Å². The third kappa shape index (κ3) is 2.52. The Morgan fingerprint density at radius 3 is 2.72 bits per heavy atom. The van der Waals surface area contributed by atoms with Gasteiger partial charge in [0, 0.05) is 6.54 Å². The van der Waals surface area contributed by atoms with E-state index >= 15 is 0 Å². The summed E-state index contributed by atoms with van der Waals surface area (Å²) >= 11 is 5.94. The Bertz CT molecular complexity index is 584. The summed E-state index contributed by atoms with van der Waals surface area (Å²) in [5.41, 5.74) is 5.54. The molecule has 0 aliphatic rings. The van der Waals surface area contributed by atoms with Crippen LogP contribution in [0.5, 0.6) is 5.75 Å². The van der Waals surface area contributed by atoms with E-state index in [4.69, 9.17) is 22.1 Å². The van der Waals surface area contributed by atoms with Crippen LogP contribution in [0.2, 0.25) is 5.02 Å². The average molecular weight is 266 g/mol. The molecule has 0 unspecified atom stereocenters. The van der Waals surface area contributed by atoms with Crippen LogP contribution in [-0.4, -0.2) is 22.9 Å². The first-order valence-corrected chi connectivity index (χ1v) is 5.78. The summed E-state index contributed by atoms with van der Waals surface area (Å²) in [6.07, 6.45) is 1.41. The van der Waals surface area contributed by atoms with Crippen molar-refractivity contribution >= 4 is 11.6 Å².